The lowest BCUT2D eigenvalue weighted by Crippen LogP contribution is -2.47. The highest BCUT2D eigenvalue weighted by Crippen LogP contribution is 2.44. The third kappa shape index (κ3) is 8.36. The number of nitrogens with zero attached hydrogens (tertiary/aromatic N) is 4. The molecular weight excluding hydrogens is 670 g/mol. The minimum Gasteiger partial charge on any atom is -0.480 e. The zero-order chi connectivity index (χ0) is 31.7. The fraction of sp³-hybridized carbons (Fsp3) is 0.474. The summed E-state index contributed by atoms with van der Waals surface area (Å²) >= 11 is 0. The number of likely N-dealkylation sites (N-methyl/N-ethyl adjacent to an activating group) is 1. The Labute approximate surface area is 303 Å². The molecule has 0 amide bonds. The summed E-state index contributed by atoms with van der Waals surface area (Å²) in [6.07, 6.45) is 3.93. The first-order chi connectivity index (χ1) is 21.7. The minimum atomic E-state index is -0.768. The van der Waals surface area contributed by atoms with E-state index in [9.17, 15) is 14.3 Å². The van der Waals surface area contributed by atoms with Gasteiger partial charge in [-0.15, -0.1) is 37.2 Å². The molecule has 1 N–H and O–H groups in total. The number of carboxylic acids is 1. The standard InChI is InChI=1S/C38H47FN4O2.3ClH/c1-5-43-36(23-35(40-43)33-15-9-11-26-10-6-7-14-32(26)33)27-16-18-42(19-17-27)24-29-21-31(41(4)37(25(2)3)38(44)45)22-34(29)28-12-8-13-30(39)20-28;;;/h6-15,20,23,25,27,29,31,34,37H,5,16-19,21-22,24H2,1-4H3,(H,44,45);3*1H/t29?,31?,34?,37-;;;/m1.../s1. The summed E-state index contributed by atoms with van der Waals surface area (Å²) in [4.78, 5) is 16.8. The second kappa shape index (κ2) is 17.3. The number of halogens is 4. The van der Waals surface area contributed by atoms with Crippen LogP contribution in [0.2, 0.25) is 0 Å². The minimum absolute atomic E-state index is 0. The molecule has 262 valence electrons. The number of hydrogen-bond acceptors (Lipinski definition) is 4. The summed E-state index contributed by atoms with van der Waals surface area (Å²) in [6.45, 7) is 9.95. The highest BCUT2D eigenvalue weighted by molar-refractivity contribution is 5.95. The van der Waals surface area contributed by atoms with E-state index in [1.54, 1.807) is 6.07 Å². The maximum atomic E-state index is 14.3. The van der Waals surface area contributed by atoms with E-state index < -0.39 is 12.0 Å². The number of carbonyl (C=O) groups is 1. The first-order valence-electron chi connectivity index (χ1n) is 16.7. The monoisotopic (exact) mass is 718 g/mol. The van der Waals surface area contributed by atoms with E-state index in [-0.39, 0.29) is 60.9 Å². The lowest BCUT2D eigenvalue weighted by molar-refractivity contribution is -0.145. The fourth-order valence-electron chi connectivity index (χ4n) is 8.27. The Hall–Kier alpha value is -2.68. The molecule has 2 heterocycles. The number of likely N-dealkylation sites (tertiary alicyclic amines) is 1. The van der Waals surface area contributed by atoms with Gasteiger partial charge in [0.1, 0.15) is 11.9 Å². The van der Waals surface area contributed by atoms with Crippen LogP contribution in [0.4, 0.5) is 4.39 Å². The number of aryl methyl sites for hydroxylation is 1. The molecule has 4 atom stereocenters. The number of carboxylic acid groups (broad SMARTS) is 1. The largest absolute Gasteiger partial charge is 0.480 e. The van der Waals surface area contributed by atoms with Crippen LogP contribution in [0.3, 0.4) is 0 Å². The number of rotatable bonds is 10. The SMILES string of the molecule is CCn1nc(-c2cccc3ccccc23)cc1C1CCN(CC2CC(N(C)[C@@H](C(=O)O)C(C)C)CC2c2cccc(F)c2)CC1.Cl.Cl.Cl. The molecule has 1 aliphatic heterocycles. The number of aliphatic carboxylic acids is 1. The van der Waals surface area contributed by atoms with Gasteiger partial charge in [-0.3, -0.25) is 14.4 Å². The van der Waals surface area contributed by atoms with Gasteiger partial charge in [0.25, 0.3) is 0 Å². The van der Waals surface area contributed by atoms with Gasteiger partial charge in [0.15, 0.2) is 0 Å². The molecular formula is C38H50Cl3FN4O2. The lowest BCUT2D eigenvalue weighted by atomic mass is 9.87. The van der Waals surface area contributed by atoms with Crippen molar-refractivity contribution in [1.82, 2.24) is 19.6 Å². The van der Waals surface area contributed by atoms with Gasteiger partial charge in [0, 0.05) is 36.3 Å². The van der Waals surface area contributed by atoms with Crippen molar-refractivity contribution >= 4 is 54.0 Å². The Morgan fingerprint density at radius 3 is 2.33 bits per heavy atom. The smallest absolute Gasteiger partial charge is 0.321 e. The maximum absolute atomic E-state index is 14.3. The summed E-state index contributed by atoms with van der Waals surface area (Å²) in [6, 6.07) is 24.0. The van der Waals surface area contributed by atoms with Crippen molar-refractivity contribution in [2.24, 2.45) is 11.8 Å². The molecule has 1 aliphatic carbocycles. The van der Waals surface area contributed by atoms with Crippen molar-refractivity contribution in [1.29, 1.82) is 0 Å². The Kier molecular flexibility index (Phi) is 14.3. The molecule has 0 bridgehead atoms. The Morgan fingerprint density at radius 2 is 1.67 bits per heavy atom. The number of piperidine rings is 1. The van der Waals surface area contributed by atoms with Crippen LogP contribution in [0.25, 0.3) is 22.0 Å². The molecule has 2 aliphatic rings. The van der Waals surface area contributed by atoms with Crippen molar-refractivity contribution in [2.45, 2.75) is 76.9 Å². The first kappa shape index (κ1) is 39.8. The number of aromatic nitrogens is 2. The van der Waals surface area contributed by atoms with Crippen molar-refractivity contribution in [2.75, 3.05) is 26.7 Å². The molecule has 48 heavy (non-hydrogen) atoms. The normalized spacial score (nSPS) is 20.7. The zero-order valence-electron chi connectivity index (χ0n) is 28.3. The second-order valence-electron chi connectivity index (χ2n) is 13.6. The van der Waals surface area contributed by atoms with Crippen LogP contribution >= 0.6 is 37.2 Å². The van der Waals surface area contributed by atoms with Gasteiger partial charge in [-0.2, -0.15) is 5.10 Å². The zero-order valence-corrected chi connectivity index (χ0v) is 30.7. The number of fused-ring (bicyclic) bond motifs is 1. The van der Waals surface area contributed by atoms with Crippen LogP contribution in [0.5, 0.6) is 0 Å². The van der Waals surface area contributed by atoms with E-state index in [2.05, 4.69) is 69.9 Å². The van der Waals surface area contributed by atoms with Gasteiger partial charge >= 0.3 is 5.97 Å². The Bertz CT molecular complexity index is 1640. The molecule has 1 aromatic heterocycles. The van der Waals surface area contributed by atoms with Crippen LogP contribution in [-0.2, 0) is 11.3 Å². The summed E-state index contributed by atoms with van der Waals surface area (Å²) in [7, 11) is 1.96. The summed E-state index contributed by atoms with van der Waals surface area (Å²) in [5.41, 5.74) is 4.60. The van der Waals surface area contributed by atoms with Gasteiger partial charge in [-0.05, 0) is 105 Å². The van der Waals surface area contributed by atoms with Crippen molar-refractivity contribution < 1.29 is 14.3 Å². The highest BCUT2D eigenvalue weighted by Gasteiger charge is 2.42. The van der Waals surface area contributed by atoms with E-state index in [0.29, 0.717) is 11.8 Å². The lowest BCUT2D eigenvalue weighted by Gasteiger charge is -2.35. The average Bonchev–Trinajstić information content (AvgIpc) is 3.66. The molecule has 6 nitrogen and oxygen atoms in total. The highest BCUT2D eigenvalue weighted by atomic mass is 35.5. The molecule has 3 unspecified atom stereocenters. The maximum Gasteiger partial charge on any atom is 0.321 e. The van der Waals surface area contributed by atoms with Gasteiger partial charge in [0.2, 0.25) is 0 Å². The third-order valence-electron chi connectivity index (χ3n) is 10.5. The second-order valence-corrected chi connectivity index (χ2v) is 13.6. The number of benzene rings is 3. The van der Waals surface area contributed by atoms with Crippen LogP contribution in [0.1, 0.15) is 69.5 Å². The van der Waals surface area contributed by atoms with Crippen molar-refractivity contribution in [3.05, 3.63) is 89.9 Å². The predicted octanol–water partition coefficient (Wildman–Crippen LogP) is 8.91. The van der Waals surface area contributed by atoms with Gasteiger partial charge in [0.05, 0.1) is 5.69 Å². The average molecular weight is 720 g/mol. The van der Waals surface area contributed by atoms with E-state index in [1.807, 2.05) is 33.0 Å². The number of hydrogen-bond donors (Lipinski definition) is 1. The van der Waals surface area contributed by atoms with E-state index in [1.165, 1.54) is 28.1 Å². The molecule has 1 saturated carbocycles. The molecule has 3 aromatic carbocycles. The summed E-state index contributed by atoms with van der Waals surface area (Å²) < 4.78 is 16.5. The first-order valence-corrected chi connectivity index (χ1v) is 16.7. The van der Waals surface area contributed by atoms with Gasteiger partial charge < -0.3 is 10.0 Å². The predicted molar refractivity (Wildman–Crippen MR) is 201 cm³/mol. The Morgan fingerprint density at radius 1 is 0.979 bits per heavy atom. The molecule has 2 fully saturated rings. The van der Waals surface area contributed by atoms with Crippen molar-refractivity contribution in [3.8, 4) is 11.3 Å². The van der Waals surface area contributed by atoms with E-state index in [0.717, 1.165) is 63.1 Å². The van der Waals surface area contributed by atoms with Gasteiger partial charge in [-0.25, -0.2) is 4.39 Å². The summed E-state index contributed by atoms with van der Waals surface area (Å²) in [5, 5.41) is 17.5. The molecule has 0 radical (unpaired) electrons. The van der Waals surface area contributed by atoms with E-state index in [4.69, 9.17) is 5.10 Å². The van der Waals surface area contributed by atoms with Gasteiger partial charge in [-0.1, -0.05) is 68.4 Å². The molecule has 0 spiro atoms. The quantitative estimate of drug-likeness (QED) is 0.177. The topological polar surface area (TPSA) is 61.6 Å². The summed E-state index contributed by atoms with van der Waals surface area (Å²) in [5.74, 6) is 0.0473. The Balaban J connectivity index is 0.00000208. The van der Waals surface area contributed by atoms with Crippen LogP contribution in [0.15, 0.2) is 72.8 Å². The molecule has 4 aromatic rings. The van der Waals surface area contributed by atoms with E-state index >= 15 is 0 Å². The molecule has 6 rings (SSSR count). The molecule has 10 heteroatoms. The fourth-order valence-corrected chi connectivity index (χ4v) is 8.27. The van der Waals surface area contributed by atoms with Crippen molar-refractivity contribution in [3.63, 3.8) is 0 Å². The van der Waals surface area contributed by atoms with Crippen LogP contribution in [-0.4, -0.2) is 69.4 Å². The molecule has 1 saturated heterocycles. The van der Waals surface area contributed by atoms with Crippen LogP contribution < -0.4 is 0 Å². The van der Waals surface area contributed by atoms with Crippen LogP contribution in [0, 0.1) is 17.7 Å². The third-order valence-corrected chi connectivity index (χ3v) is 10.5.